The molecule has 6 heteroatoms. The Morgan fingerprint density at radius 1 is 1.17 bits per heavy atom. The van der Waals surface area contributed by atoms with Crippen LogP contribution in [0.25, 0.3) is 11.0 Å². The first-order chi connectivity index (χ1) is 11.2. The highest BCUT2D eigenvalue weighted by molar-refractivity contribution is 5.76. The van der Waals surface area contributed by atoms with E-state index >= 15 is 0 Å². The van der Waals surface area contributed by atoms with Gasteiger partial charge < -0.3 is 9.64 Å². The third-order valence-corrected chi connectivity index (χ3v) is 4.55. The van der Waals surface area contributed by atoms with Crippen molar-refractivity contribution in [3.63, 3.8) is 0 Å². The molecule has 0 saturated carbocycles. The van der Waals surface area contributed by atoms with E-state index in [1.54, 1.807) is 4.90 Å². The number of benzene rings is 1. The number of aromatic nitrogens is 3. The smallest absolute Gasteiger partial charge is 0.410 e. The van der Waals surface area contributed by atoms with Gasteiger partial charge in [-0.25, -0.2) is 9.48 Å². The van der Waals surface area contributed by atoms with Crippen molar-refractivity contribution in [1.82, 2.24) is 19.9 Å². The summed E-state index contributed by atoms with van der Waals surface area (Å²) in [6, 6.07) is 4.52. The molecule has 130 valence electrons. The lowest BCUT2D eigenvalue weighted by Crippen LogP contribution is -2.42. The molecule has 1 amide bonds. The first-order valence-corrected chi connectivity index (χ1v) is 8.55. The molecule has 0 aliphatic carbocycles. The monoisotopic (exact) mass is 330 g/mol. The Morgan fingerprint density at radius 2 is 1.79 bits per heavy atom. The van der Waals surface area contributed by atoms with E-state index in [1.807, 2.05) is 25.5 Å². The number of nitrogens with zero attached hydrogens (tertiary/aromatic N) is 4. The van der Waals surface area contributed by atoms with Gasteiger partial charge in [0.25, 0.3) is 0 Å². The van der Waals surface area contributed by atoms with Crippen molar-refractivity contribution in [1.29, 1.82) is 0 Å². The van der Waals surface area contributed by atoms with E-state index < -0.39 is 5.60 Å². The van der Waals surface area contributed by atoms with Gasteiger partial charge in [0.1, 0.15) is 11.1 Å². The summed E-state index contributed by atoms with van der Waals surface area (Å²) in [6.07, 6.45) is 1.51. The first-order valence-electron chi connectivity index (χ1n) is 8.55. The summed E-state index contributed by atoms with van der Waals surface area (Å²) < 4.78 is 7.48. The van der Waals surface area contributed by atoms with Crippen molar-refractivity contribution in [3.05, 3.63) is 23.3 Å². The predicted octanol–water partition coefficient (Wildman–Crippen LogP) is 3.62. The highest BCUT2D eigenvalue weighted by atomic mass is 16.6. The Balaban J connectivity index is 1.71. The number of fused-ring (bicyclic) bond motifs is 1. The van der Waals surface area contributed by atoms with Gasteiger partial charge in [-0.1, -0.05) is 5.21 Å². The molecule has 1 aliphatic heterocycles. The van der Waals surface area contributed by atoms with Crippen molar-refractivity contribution in [2.24, 2.45) is 0 Å². The van der Waals surface area contributed by atoms with E-state index in [2.05, 4.69) is 36.3 Å². The molecule has 2 heterocycles. The summed E-state index contributed by atoms with van der Waals surface area (Å²) in [5.74, 6) is 0. The standard InChI is InChI=1S/C18H26N4O2/c1-12-10-15-16(11-13(12)2)22(20-19-15)14-6-8-21(9-7-14)17(23)24-18(3,4)5/h10-11,14H,6-9H2,1-5H3. The molecular formula is C18H26N4O2. The van der Waals surface area contributed by atoms with Gasteiger partial charge in [-0.3, -0.25) is 0 Å². The molecule has 0 radical (unpaired) electrons. The fraction of sp³-hybridized carbons (Fsp3) is 0.611. The van der Waals surface area contributed by atoms with Crippen LogP contribution in [0.5, 0.6) is 0 Å². The van der Waals surface area contributed by atoms with Gasteiger partial charge in [-0.15, -0.1) is 5.10 Å². The van der Waals surface area contributed by atoms with Crippen LogP contribution in [0.15, 0.2) is 12.1 Å². The molecule has 0 spiro atoms. The second-order valence-corrected chi connectivity index (χ2v) is 7.66. The normalized spacial score (nSPS) is 16.6. The second-order valence-electron chi connectivity index (χ2n) is 7.66. The average molecular weight is 330 g/mol. The number of likely N-dealkylation sites (tertiary alicyclic amines) is 1. The minimum absolute atomic E-state index is 0.226. The van der Waals surface area contributed by atoms with E-state index in [-0.39, 0.29) is 12.1 Å². The van der Waals surface area contributed by atoms with Gasteiger partial charge in [0.15, 0.2) is 0 Å². The minimum atomic E-state index is -0.453. The lowest BCUT2D eigenvalue weighted by atomic mass is 10.0. The van der Waals surface area contributed by atoms with E-state index in [9.17, 15) is 4.79 Å². The molecular weight excluding hydrogens is 304 g/mol. The third kappa shape index (κ3) is 3.37. The summed E-state index contributed by atoms with van der Waals surface area (Å²) in [6.45, 7) is 11.2. The van der Waals surface area contributed by atoms with E-state index in [0.29, 0.717) is 13.1 Å². The number of carbonyl (C=O) groups is 1. The van der Waals surface area contributed by atoms with Gasteiger partial charge in [0.2, 0.25) is 0 Å². The molecule has 24 heavy (non-hydrogen) atoms. The Bertz CT molecular complexity index is 752. The molecule has 3 rings (SSSR count). The highest BCUT2D eigenvalue weighted by Crippen LogP contribution is 2.27. The van der Waals surface area contributed by atoms with Gasteiger partial charge in [-0.05, 0) is 70.7 Å². The lowest BCUT2D eigenvalue weighted by Gasteiger charge is -2.33. The molecule has 2 aromatic rings. The number of rotatable bonds is 1. The minimum Gasteiger partial charge on any atom is -0.444 e. The summed E-state index contributed by atoms with van der Waals surface area (Å²) in [7, 11) is 0. The van der Waals surface area contributed by atoms with Crippen LogP contribution in [-0.2, 0) is 4.74 Å². The summed E-state index contributed by atoms with van der Waals surface area (Å²) in [5, 5.41) is 8.67. The quantitative estimate of drug-likeness (QED) is 0.801. The average Bonchev–Trinajstić information content (AvgIpc) is 2.89. The number of piperidine rings is 1. The molecule has 0 atom stereocenters. The maximum absolute atomic E-state index is 12.2. The largest absolute Gasteiger partial charge is 0.444 e. The fourth-order valence-corrected chi connectivity index (χ4v) is 3.08. The number of hydrogen-bond donors (Lipinski definition) is 0. The number of aryl methyl sites for hydroxylation is 2. The zero-order valence-corrected chi connectivity index (χ0v) is 15.2. The van der Waals surface area contributed by atoms with Crippen LogP contribution in [-0.4, -0.2) is 44.7 Å². The molecule has 1 aromatic carbocycles. The third-order valence-electron chi connectivity index (χ3n) is 4.55. The van der Waals surface area contributed by atoms with Crippen LogP contribution < -0.4 is 0 Å². The fourth-order valence-electron chi connectivity index (χ4n) is 3.08. The van der Waals surface area contributed by atoms with Crippen LogP contribution in [0, 0.1) is 13.8 Å². The Morgan fingerprint density at radius 3 is 2.42 bits per heavy atom. The molecule has 1 fully saturated rings. The Kier molecular flexibility index (Phi) is 4.24. The summed E-state index contributed by atoms with van der Waals surface area (Å²) in [4.78, 5) is 14.0. The SMILES string of the molecule is Cc1cc2nnn(C3CCN(C(=O)OC(C)(C)C)CC3)c2cc1C. The highest BCUT2D eigenvalue weighted by Gasteiger charge is 2.28. The van der Waals surface area contributed by atoms with Crippen molar-refractivity contribution in [2.45, 2.75) is 59.1 Å². The summed E-state index contributed by atoms with van der Waals surface area (Å²) in [5.41, 5.74) is 4.04. The van der Waals surface area contributed by atoms with E-state index in [4.69, 9.17) is 4.74 Å². The number of ether oxygens (including phenoxy) is 1. The molecule has 1 saturated heterocycles. The summed E-state index contributed by atoms with van der Waals surface area (Å²) >= 11 is 0. The number of amides is 1. The van der Waals surface area contributed by atoms with Crippen molar-refractivity contribution in [3.8, 4) is 0 Å². The topological polar surface area (TPSA) is 60.2 Å². The number of hydrogen-bond acceptors (Lipinski definition) is 4. The van der Waals surface area contributed by atoms with Crippen molar-refractivity contribution in [2.75, 3.05) is 13.1 Å². The van der Waals surface area contributed by atoms with Gasteiger partial charge in [0, 0.05) is 13.1 Å². The zero-order valence-electron chi connectivity index (χ0n) is 15.2. The predicted molar refractivity (Wildman–Crippen MR) is 93.1 cm³/mol. The lowest BCUT2D eigenvalue weighted by molar-refractivity contribution is 0.0185. The first kappa shape index (κ1) is 16.7. The maximum atomic E-state index is 12.2. The van der Waals surface area contributed by atoms with E-state index in [1.165, 1.54) is 11.1 Å². The van der Waals surface area contributed by atoms with Crippen LogP contribution in [0.1, 0.15) is 50.8 Å². The van der Waals surface area contributed by atoms with Crippen LogP contribution in [0.3, 0.4) is 0 Å². The van der Waals surface area contributed by atoms with Gasteiger partial charge in [0.05, 0.1) is 11.6 Å². The molecule has 0 unspecified atom stereocenters. The maximum Gasteiger partial charge on any atom is 0.410 e. The zero-order chi connectivity index (χ0) is 17.5. The van der Waals surface area contributed by atoms with Crippen LogP contribution >= 0.6 is 0 Å². The second kappa shape index (κ2) is 6.07. The van der Waals surface area contributed by atoms with Crippen molar-refractivity contribution < 1.29 is 9.53 Å². The van der Waals surface area contributed by atoms with Crippen molar-refractivity contribution >= 4 is 17.1 Å². The molecule has 6 nitrogen and oxygen atoms in total. The number of carbonyl (C=O) groups excluding carboxylic acids is 1. The Hall–Kier alpha value is -2.11. The molecule has 0 bridgehead atoms. The van der Waals surface area contributed by atoms with E-state index in [0.717, 1.165) is 23.9 Å². The van der Waals surface area contributed by atoms with Crippen LogP contribution in [0.4, 0.5) is 4.79 Å². The van der Waals surface area contributed by atoms with Gasteiger partial charge >= 0.3 is 6.09 Å². The van der Waals surface area contributed by atoms with Gasteiger partial charge in [-0.2, -0.15) is 0 Å². The molecule has 0 N–H and O–H groups in total. The Labute approximate surface area is 142 Å². The van der Waals surface area contributed by atoms with Crippen LogP contribution in [0.2, 0.25) is 0 Å². The molecule has 1 aromatic heterocycles. The molecule has 1 aliphatic rings.